The third kappa shape index (κ3) is 2.31. The molecule has 2 aromatic carbocycles. The van der Waals surface area contributed by atoms with Crippen LogP contribution in [0, 0.1) is 0 Å². The molecule has 22 heavy (non-hydrogen) atoms. The number of aromatic nitrogens is 2. The van der Waals surface area contributed by atoms with Gasteiger partial charge in [-0.05, 0) is 16.7 Å². The average molecular weight is 293 g/mol. The number of hydrogen-bond acceptors (Lipinski definition) is 2. The Morgan fingerprint density at radius 2 is 1.86 bits per heavy atom. The first-order valence-corrected chi connectivity index (χ1v) is 7.37. The summed E-state index contributed by atoms with van der Waals surface area (Å²) in [6.45, 7) is 2.65. The second-order valence-corrected chi connectivity index (χ2v) is 5.66. The zero-order chi connectivity index (χ0) is 14.9. The van der Waals surface area contributed by atoms with Gasteiger partial charge in [0.15, 0.2) is 0 Å². The van der Waals surface area contributed by atoms with Crippen LogP contribution < -0.4 is 0 Å². The van der Waals surface area contributed by atoms with E-state index in [1.807, 2.05) is 18.2 Å². The summed E-state index contributed by atoms with van der Waals surface area (Å²) in [5, 5.41) is 0. The van der Waals surface area contributed by atoms with Gasteiger partial charge in [-0.25, -0.2) is 4.98 Å². The van der Waals surface area contributed by atoms with Crippen LogP contribution in [-0.4, -0.2) is 14.7 Å². The van der Waals surface area contributed by atoms with Crippen molar-refractivity contribution in [3.8, 4) is 11.3 Å². The van der Waals surface area contributed by atoms with E-state index in [9.17, 15) is 4.48 Å². The Balaban J connectivity index is 1.63. The van der Waals surface area contributed by atoms with Crippen LogP contribution in [0.15, 0.2) is 61.1 Å². The smallest absolute Gasteiger partial charge is 0.127 e. The molecule has 0 fully saturated rings. The summed E-state index contributed by atoms with van der Waals surface area (Å²) in [5.74, 6) is 0. The maximum Gasteiger partial charge on any atom is 0.127 e. The van der Waals surface area contributed by atoms with Gasteiger partial charge in [0.2, 0.25) is 0 Å². The Kier molecular flexibility index (Phi) is 3.24. The summed E-state index contributed by atoms with van der Waals surface area (Å²) in [5.41, 5.74) is 5.24. The topological polar surface area (TPSA) is 21.1 Å². The molecule has 0 radical (unpaired) electrons. The zero-order valence-electron chi connectivity index (χ0n) is 12.1. The molecule has 3 nitrogen and oxygen atoms in total. The maximum atomic E-state index is 13.8. The molecule has 110 valence electrons. The standard InChI is InChI=1S/C18H16FN3/c19-22-13-20-9-18(22)16-8-4-7-15-11-21(12-17(15)16)10-14-5-2-1-3-6-14/h1-9,13H,10-12H2. The van der Waals surface area contributed by atoms with Crippen LogP contribution in [0.5, 0.6) is 0 Å². The highest BCUT2D eigenvalue weighted by Crippen LogP contribution is 2.33. The Hall–Kier alpha value is -2.46. The highest BCUT2D eigenvalue weighted by molar-refractivity contribution is 5.66. The van der Waals surface area contributed by atoms with Gasteiger partial charge in [-0.15, -0.1) is 0 Å². The van der Waals surface area contributed by atoms with Crippen molar-refractivity contribution in [2.75, 3.05) is 0 Å². The van der Waals surface area contributed by atoms with Gasteiger partial charge < -0.3 is 0 Å². The lowest BCUT2D eigenvalue weighted by Gasteiger charge is -2.14. The van der Waals surface area contributed by atoms with Gasteiger partial charge in [-0.1, -0.05) is 53.0 Å². The molecule has 0 unspecified atom stereocenters. The number of nitrogens with zero attached hydrogens (tertiary/aromatic N) is 3. The minimum atomic E-state index is 0.526. The monoisotopic (exact) mass is 293 g/mol. The van der Waals surface area contributed by atoms with E-state index in [-0.39, 0.29) is 0 Å². The number of halogens is 1. The van der Waals surface area contributed by atoms with Crippen molar-refractivity contribution in [3.05, 3.63) is 77.7 Å². The number of benzene rings is 2. The molecule has 1 aliphatic heterocycles. The molecule has 0 N–H and O–H groups in total. The van der Waals surface area contributed by atoms with E-state index in [0.717, 1.165) is 25.2 Å². The van der Waals surface area contributed by atoms with Gasteiger partial charge in [0, 0.05) is 25.2 Å². The second kappa shape index (κ2) is 5.39. The molecule has 0 aliphatic carbocycles. The van der Waals surface area contributed by atoms with Gasteiger partial charge >= 0.3 is 0 Å². The van der Waals surface area contributed by atoms with Crippen molar-refractivity contribution >= 4 is 0 Å². The quantitative estimate of drug-likeness (QED) is 0.732. The number of fused-ring (bicyclic) bond motifs is 1. The Bertz CT molecular complexity index is 795. The van der Waals surface area contributed by atoms with Crippen molar-refractivity contribution in [2.24, 2.45) is 0 Å². The minimum Gasteiger partial charge on any atom is -0.291 e. The van der Waals surface area contributed by atoms with E-state index in [4.69, 9.17) is 0 Å². The van der Waals surface area contributed by atoms with Crippen LogP contribution in [0.25, 0.3) is 11.3 Å². The Morgan fingerprint density at radius 1 is 1.00 bits per heavy atom. The lowest BCUT2D eigenvalue weighted by Crippen LogP contribution is -2.15. The van der Waals surface area contributed by atoms with E-state index in [0.29, 0.717) is 10.5 Å². The third-order valence-corrected chi connectivity index (χ3v) is 4.17. The fourth-order valence-corrected chi connectivity index (χ4v) is 3.15. The van der Waals surface area contributed by atoms with Crippen LogP contribution in [0.3, 0.4) is 0 Å². The molecule has 1 aromatic heterocycles. The van der Waals surface area contributed by atoms with Crippen LogP contribution in [0.2, 0.25) is 0 Å². The summed E-state index contributed by atoms with van der Waals surface area (Å²) in [6.07, 6.45) is 2.78. The van der Waals surface area contributed by atoms with E-state index >= 15 is 0 Å². The second-order valence-electron chi connectivity index (χ2n) is 5.66. The molecule has 0 amide bonds. The summed E-state index contributed by atoms with van der Waals surface area (Å²) in [6, 6.07) is 16.5. The maximum absolute atomic E-state index is 13.8. The summed E-state index contributed by atoms with van der Waals surface area (Å²) in [7, 11) is 0. The normalized spacial score (nSPS) is 14.2. The molecule has 3 aromatic rings. The van der Waals surface area contributed by atoms with Crippen molar-refractivity contribution < 1.29 is 4.48 Å². The molecular weight excluding hydrogens is 277 g/mol. The lowest BCUT2D eigenvalue weighted by atomic mass is 10.0. The summed E-state index contributed by atoms with van der Waals surface area (Å²) < 4.78 is 13.8. The molecule has 0 saturated carbocycles. The average Bonchev–Trinajstić information content (AvgIpc) is 3.13. The number of hydrogen-bond donors (Lipinski definition) is 0. The summed E-state index contributed by atoms with van der Waals surface area (Å²) >= 11 is 0. The van der Waals surface area contributed by atoms with E-state index in [1.54, 1.807) is 6.20 Å². The predicted octanol–water partition coefficient (Wildman–Crippen LogP) is 3.80. The Labute approximate surface area is 128 Å². The number of rotatable bonds is 3. The molecule has 4 heteroatoms. The van der Waals surface area contributed by atoms with Gasteiger partial charge in [-0.3, -0.25) is 4.90 Å². The first-order valence-electron chi connectivity index (χ1n) is 7.37. The van der Waals surface area contributed by atoms with Crippen molar-refractivity contribution in [1.82, 2.24) is 14.7 Å². The van der Waals surface area contributed by atoms with E-state index in [1.165, 1.54) is 23.0 Å². The fraction of sp³-hybridized carbons (Fsp3) is 0.167. The molecule has 0 bridgehead atoms. The molecular formula is C18H16FN3. The fourth-order valence-electron chi connectivity index (χ4n) is 3.15. The zero-order valence-corrected chi connectivity index (χ0v) is 12.1. The largest absolute Gasteiger partial charge is 0.291 e. The summed E-state index contributed by atoms with van der Waals surface area (Å²) in [4.78, 5) is 6.85. The van der Waals surface area contributed by atoms with Crippen molar-refractivity contribution in [1.29, 1.82) is 0 Å². The van der Waals surface area contributed by atoms with Crippen molar-refractivity contribution in [3.63, 3.8) is 0 Å². The lowest BCUT2D eigenvalue weighted by molar-refractivity contribution is 0.275. The minimum absolute atomic E-state index is 0.526. The molecule has 0 saturated heterocycles. The molecule has 4 rings (SSSR count). The van der Waals surface area contributed by atoms with Crippen LogP contribution in [0.1, 0.15) is 16.7 Å². The van der Waals surface area contributed by atoms with Crippen LogP contribution in [0.4, 0.5) is 4.48 Å². The molecule has 2 heterocycles. The molecule has 0 atom stereocenters. The highest BCUT2D eigenvalue weighted by Gasteiger charge is 2.23. The first-order chi connectivity index (χ1) is 10.8. The number of imidazole rings is 1. The van der Waals surface area contributed by atoms with Gasteiger partial charge in [-0.2, -0.15) is 4.79 Å². The van der Waals surface area contributed by atoms with Gasteiger partial charge in [0.05, 0.1) is 6.20 Å². The van der Waals surface area contributed by atoms with Gasteiger partial charge in [0.25, 0.3) is 0 Å². The van der Waals surface area contributed by atoms with Crippen LogP contribution in [-0.2, 0) is 19.6 Å². The highest BCUT2D eigenvalue weighted by atomic mass is 19.2. The van der Waals surface area contributed by atoms with E-state index in [2.05, 4.69) is 40.2 Å². The molecule has 0 spiro atoms. The molecule has 1 aliphatic rings. The third-order valence-electron chi connectivity index (χ3n) is 4.17. The first kappa shape index (κ1) is 13.2. The predicted molar refractivity (Wildman–Crippen MR) is 83.6 cm³/mol. The van der Waals surface area contributed by atoms with Crippen LogP contribution >= 0.6 is 0 Å². The van der Waals surface area contributed by atoms with E-state index < -0.39 is 0 Å². The Morgan fingerprint density at radius 3 is 2.64 bits per heavy atom. The SMILES string of the molecule is Fn1cncc1-c1cccc2c1CN(Cc1ccccc1)C2. The van der Waals surface area contributed by atoms with Crippen molar-refractivity contribution in [2.45, 2.75) is 19.6 Å². The van der Waals surface area contributed by atoms with Gasteiger partial charge in [0.1, 0.15) is 12.0 Å².